The molecule has 1 aromatic carbocycles. The Bertz CT molecular complexity index is 388. The van der Waals surface area contributed by atoms with E-state index >= 15 is 0 Å². The van der Waals surface area contributed by atoms with Crippen molar-refractivity contribution in [2.24, 2.45) is 5.92 Å². The van der Waals surface area contributed by atoms with Crippen molar-refractivity contribution >= 4 is 6.09 Å². The maximum absolute atomic E-state index is 12.0. The van der Waals surface area contributed by atoms with E-state index in [9.17, 15) is 4.79 Å². The molecule has 4 nitrogen and oxygen atoms in total. The molecule has 1 aromatic rings. The van der Waals surface area contributed by atoms with Crippen LogP contribution in [-0.2, 0) is 11.3 Å². The van der Waals surface area contributed by atoms with Gasteiger partial charge in [0, 0.05) is 13.1 Å². The lowest BCUT2D eigenvalue weighted by molar-refractivity contribution is 0.0932. The number of hydrogen-bond acceptors (Lipinski definition) is 3. The highest BCUT2D eigenvalue weighted by Crippen LogP contribution is 2.11. The number of hydrogen-bond donors (Lipinski definition) is 1. The van der Waals surface area contributed by atoms with Gasteiger partial charge in [0.1, 0.15) is 6.61 Å². The summed E-state index contributed by atoms with van der Waals surface area (Å²) in [5.41, 5.74) is 1.02. The van der Waals surface area contributed by atoms with E-state index in [1.807, 2.05) is 37.3 Å². The normalized spacial score (nSPS) is 18.3. The Kier molecular flexibility index (Phi) is 5.21. The molecule has 1 N–H and O–H groups in total. The van der Waals surface area contributed by atoms with E-state index in [4.69, 9.17) is 4.74 Å². The van der Waals surface area contributed by atoms with Crippen molar-refractivity contribution in [1.29, 1.82) is 0 Å². The summed E-state index contributed by atoms with van der Waals surface area (Å²) >= 11 is 0. The lowest BCUT2D eigenvalue weighted by atomic mass is 10.1. The van der Waals surface area contributed by atoms with Gasteiger partial charge in [-0.05, 0) is 37.9 Å². The van der Waals surface area contributed by atoms with Gasteiger partial charge < -0.3 is 15.0 Å². The first-order valence-corrected chi connectivity index (χ1v) is 6.96. The number of amides is 1. The van der Waals surface area contributed by atoms with Gasteiger partial charge in [-0.3, -0.25) is 0 Å². The van der Waals surface area contributed by atoms with Crippen molar-refractivity contribution < 1.29 is 9.53 Å². The Morgan fingerprint density at radius 1 is 1.42 bits per heavy atom. The fourth-order valence-corrected chi connectivity index (χ4v) is 2.33. The van der Waals surface area contributed by atoms with E-state index < -0.39 is 0 Å². The number of ether oxygens (including phenoxy) is 1. The number of nitrogens with zero attached hydrogens (tertiary/aromatic N) is 1. The largest absolute Gasteiger partial charge is 0.445 e. The summed E-state index contributed by atoms with van der Waals surface area (Å²) in [6.45, 7) is 5.89. The highest BCUT2D eigenvalue weighted by molar-refractivity contribution is 5.67. The quantitative estimate of drug-likeness (QED) is 0.885. The molecule has 1 heterocycles. The van der Waals surface area contributed by atoms with Crippen molar-refractivity contribution in [2.45, 2.75) is 20.0 Å². The summed E-state index contributed by atoms with van der Waals surface area (Å²) in [6, 6.07) is 9.78. The van der Waals surface area contributed by atoms with Crippen molar-refractivity contribution in [2.75, 3.05) is 26.2 Å². The van der Waals surface area contributed by atoms with Crippen molar-refractivity contribution in [3.05, 3.63) is 35.9 Å². The monoisotopic (exact) mass is 262 g/mol. The number of benzene rings is 1. The molecule has 1 amide bonds. The summed E-state index contributed by atoms with van der Waals surface area (Å²) in [4.78, 5) is 13.8. The fourth-order valence-electron chi connectivity index (χ4n) is 2.33. The molecular formula is C15H22N2O2. The van der Waals surface area contributed by atoms with Crippen LogP contribution in [0, 0.1) is 5.92 Å². The second kappa shape index (κ2) is 7.14. The van der Waals surface area contributed by atoms with Crippen LogP contribution in [0.5, 0.6) is 0 Å². The predicted molar refractivity (Wildman–Crippen MR) is 74.9 cm³/mol. The van der Waals surface area contributed by atoms with Crippen LogP contribution in [0.3, 0.4) is 0 Å². The molecule has 0 aromatic heterocycles. The minimum Gasteiger partial charge on any atom is -0.445 e. The highest BCUT2D eigenvalue weighted by atomic mass is 16.6. The van der Waals surface area contributed by atoms with Crippen LogP contribution in [0.25, 0.3) is 0 Å². The third-order valence-corrected chi connectivity index (χ3v) is 3.49. The molecule has 1 aliphatic heterocycles. The molecule has 104 valence electrons. The minimum absolute atomic E-state index is 0.210. The molecule has 0 radical (unpaired) electrons. The van der Waals surface area contributed by atoms with E-state index in [0.717, 1.165) is 31.6 Å². The van der Waals surface area contributed by atoms with E-state index in [1.54, 1.807) is 4.90 Å². The van der Waals surface area contributed by atoms with Crippen LogP contribution in [0.1, 0.15) is 18.9 Å². The fraction of sp³-hybridized carbons (Fsp3) is 0.533. The second-order valence-corrected chi connectivity index (χ2v) is 4.94. The van der Waals surface area contributed by atoms with Crippen molar-refractivity contribution in [3.8, 4) is 0 Å². The minimum atomic E-state index is -0.210. The first-order chi connectivity index (χ1) is 9.29. The van der Waals surface area contributed by atoms with Crippen LogP contribution in [0.15, 0.2) is 30.3 Å². The average molecular weight is 262 g/mol. The van der Waals surface area contributed by atoms with Crippen LogP contribution in [0.4, 0.5) is 4.79 Å². The smallest absolute Gasteiger partial charge is 0.410 e. The van der Waals surface area contributed by atoms with Gasteiger partial charge in [0.2, 0.25) is 0 Å². The number of carbonyl (C=O) groups is 1. The SMILES string of the molecule is CCN(C[C@H]1CCNC1)C(=O)OCc1ccccc1. The molecule has 0 saturated carbocycles. The molecule has 0 unspecified atom stereocenters. The van der Waals surface area contributed by atoms with Gasteiger partial charge in [0.25, 0.3) is 0 Å². The maximum atomic E-state index is 12.0. The Hall–Kier alpha value is -1.55. The molecule has 2 rings (SSSR count). The Labute approximate surface area is 114 Å². The zero-order chi connectivity index (χ0) is 13.5. The molecular weight excluding hydrogens is 240 g/mol. The molecule has 1 aliphatic rings. The van der Waals surface area contributed by atoms with Gasteiger partial charge in [0.05, 0.1) is 0 Å². The summed E-state index contributed by atoms with van der Waals surface area (Å²) in [5.74, 6) is 0.559. The highest BCUT2D eigenvalue weighted by Gasteiger charge is 2.21. The van der Waals surface area contributed by atoms with Crippen LogP contribution < -0.4 is 5.32 Å². The summed E-state index contributed by atoms with van der Waals surface area (Å²) < 4.78 is 5.36. The first kappa shape index (κ1) is 13.9. The van der Waals surface area contributed by atoms with Crippen LogP contribution in [0.2, 0.25) is 0 Å². The third kappa shape index (κ3) is 4.24. The molecule has 1 atom stereocenters. The van der Waals surface area contributed by atoms with Gasteiger partial charge in [-0.2, -0.15) is 0 Å². The van der Waals surface area contributed by atoms with Crippen LogP contribution in [-0.4, -0.2) is 37.2 Å². The van der Waals surface area contributed by atoms with Gasteiger partial charge in [-0.25, -0.2) is 4.79 Å². The lowest BCUT2D eigenvalue weighted by Gasteiger charge is -2.23. The topological polar surface area (TPSA) is 41.6 Å². The first-order valence-electron chi connectivity index (χ1n) is 6.96. The molecule has 1 saturated heterocycles. The summed E-state index contributed by atoms with van der Waals surface area (Å²) in [5, 5.41) is 3.32. The molecule has 1 fully saturated rings. The zero-order valence-corrected chi connectivity index (χ0v) is 11.5. The van der Waals surface area contributed by atoms with Crippen LogP contribution >= 0.6 is 0 Å². The molecule has 4 heteroatoms. The lowest BCUT2D eigenvalue weighted by Crippen LogP contribution is -2.36. The van der Waals surface area contributed by atoms with Gasteiger partial charge in [-0.15, -0.1) is 0 Å². The summed E-state index contributed by atoms with van der Waals surface area (Å²) in [6.07, 6.45) is 0.931. The zero-order valence-electron chi connectivity index (χ0n) is 11.5. The molecule has 0 aliphatic carbocycles. The van der Waals surface area contributed by atoms with Crippen molar-refractivity contribution in [1.82, 2.24) is 10.2 Å². The molecule has 19 heavy (non-hydrogen) atoms. The van der Waals surface area contributed by atoms with Gasteiger partial charge in [-0.1, -0.05) is 30.3 Å². The average Bonchev–Trinajstić information content (AvgIpc) is 2.96. The second-order valence-electron chi connectivity index (χ2n) is 4.94. The molecule has 0 spiro atoms. The standard InChI is InChI=1S/C15H22N2O2/c1-2-17(11-14-8-9-16-10-14)15(18)19-12-13-6-4-3-5-7-13/h3-7,14,16H,2,8-12H2,1H3/t14-/m0/s1. The number of nitrogens with one attached hydrogen (secondary N) is 1. The Morgan fingerprint density at radius 3 is 2.84 bits per heavy atom. The Morgan fingerprint density at radius 2 is 2.21 bits per heavy atom. The Balaban J connectivity index is 1.79. The van der Waals surface area contributed by atoms with E-state index in [-0.39, 0.29) is 6.09 Å². The third-order valence-electron chi connectivity index (χ3n) is 3.49. The maximum Gasteiger partial charge on any atom is 0.410 e. The summed E-state index contributed by atoms with van der Waals surface area (Å²) in [7, 11) is 0. The van der Waals surface area contributed by atoms with Crippen molar-refractivity contribution in [3.63, 3.8) is 0 Å². The predicted octanol–water partition coefficient (Wildman–Crippen LogP) is 2.25. The van der Waals surface area contributed by atoms with Gasteiger partial charge >= 0.3 is 6.09 Å². The van der Waals surface area contributed by atoms with E-state index in [2.05, 4.69) is 5.32 Å². The molecule has 0 bridgehead atoms. The van der Waals surface area contributed by atoms with E-state index in [1.165, 1.54) is 0 Å². The van der Waals surface area contributed by atoms with Gasteiger partial charge in [0.15, 0.2) is 0 Å². The number of rotatable bonds is 5. The number of carbonyl (C=O) groups excluding carboxylic acids is 1. The van der Waals surface area contributed by atoms with E-state index in [0.29, 0.717) is 19.1 Å².